The first kappa shape index (κ1) is 15.0. The van der Waals surface area contributed by atoms with Crippen LogP contribution in [-0.4, -0.2) is 27.8 Å². The number of rotatable bonds is 3. The van der Waals surface area contributed by atoms with E-state index in [1.54, 1.807) is 11.9 Å². The Morgan fingerprint density at radius 3 is 2.57 bits per heavy atom. The summed E-state index contributed by atoms with van der Waals surface area (Å²) in [7, 11) is 1.75. The van der Waals surface area contributed by atoms with Crippen LogP contribution in [0.15, 0.2) is 54.9 Å². The normalized spacial score (nSPS) is 12.1. The van der Waals surface area contributed by atoms with E-state index < -0.39 is 0 Å². The van der Waals surface area contributed by atoms with E-state index in [9.17, 15) is 4.79 Å². The summed E-state index contributed by atoms with van der Waals surface area (Å²) in [5.41, 5.74) is 7.03. The second-order valence-corrected chi connectivity index (χ2v) is 5.45. The first-order valence-electron chi connectivity index (χ1n) is 7.41. The number of carbonyl (C=O) groups excluding carboxylic acids is 1. The molecule has 0 bridgehead atoms. The lowest BCUT2D eigenvalue weighted by Crippen LogP contribution is -2.31. The smallest absolute Gasteiger partial charge is 0.276 e. The van der Waals surface area contributed by atoms with Gasteiger partial charge in [0.05, 0.1) is 6.04 Å². The van der Waals surface area contributed by atoms with Crippen molar-refractivity contribution in [3.8, 4) is 0 Å². The van der Waals surface area contributed by atoms with Crippen LogP contribution in [0.3, 0.4) is 0 Å². The average molecular weight is 306 g/mol. The van der Waals surface area contributed by atoms with Crippen LogP contribution in [0.2, 0.25) is 0 Å². The van der Waals surface area contributed by atoms with Crippen LogP contribution in [0.25, 0.3) is 10.8 Å². The predicted octanol–water partition coefficient (Wildman–Crippen LogP) is 3.05. The number of hydrogen-bond acceptors (Lipinski definition) is 4. The molecule has 1 aromatic heterocycles. The molecule has 1 amide bonds. The van der Waals surface area contributed by atoms with Crippen molar-refractivity contribution in [1.29, 1.82) is 0 Å². The summed E-state index contributed by atoms with van der Waals surface area (Å²) in [4.78, 5) is 22.3. The number of aromatic nitrogens is 2. The third-order valence-electron chi connectivity index (χ3n) is 4.10. The lowest BCUT2D eigenvalue weighted by molar-refractivity contribution is 0.0738. The van der Waals surface area contributed by atoms with Crippen LogP contribution in [-0.2, 0) is 0 Å². The Labute approximate surface area is 134 Å². The summed E-state index contributed by atoms with van der Waals surface area (Å²) >= 11 is 0. The van der Waals surface area contributed by atoms with Crippen molar-refractivity contribution in [2.24, 2.45) is 0 Å². The number of nitrogen functional groups attached to an aromatic ring is 1. The minimum atomic E-state index is -0.240. The van der Waals surface area contributed by atoms with Crippen molar-refractivity contribution in [2.45, 2.75) is 13.0 Å². The first-order valence-corrected chi connectivity index (χ1v) is 7.41. The van der Waals surface area contributed by atoms with Gasteiger partial charge in [-0.1, -0.05) is 42.5 Å². The second-order valence-electron chi connectivity index (χ2n) is 5.45. The Morgan fingerprint density at radius 1 is 1.09 bits per heavy atom. The Hall–Kier alpha value is -2.95. The number of fused-ring (bicyclic) bond motifs is 1. The number of amides is 1. The summed E-state index contributed by atoms with van der Waals surface area (Å²) in [6.45, 7) is 1.99. The molecule has 0 aliphatic carbocycles. The van der Waals surface area contributed by atoms with Gasteiger partial charge in [0.15, 0.2) is 11.5 Å². The Bertz CT molecular complexity index is 857. The van der Waals surface area contributed by atoms with E-state index >= 15 is 0 Å². The zero-order valence-corrected chi connectivity index (χ0v) is 13.1. The van der Waals surface area contributed by atoms with Crippen molar-refractivity contribution in [3.63, 3.8) is 0 Å². The fourth-order valence-corrected chi connectivity index (χ4v) is 2.68. The monoisotopic (exact) mass is 306 g/mol. The third kappa shape index (κ3) is 2.73. The van der Waals surface area contributed by atoms with Crippen LogP contribution in [0, 0.1) is 0 Å². The van der Waals surface area contributed by atoms with Crippen molar-refractivity contribution < 1.29 is 4.79 Å². The molecule has 5 nitrogen and oxygen atoms in total. The molecule has 0 fully saturated rings. The van der Waals surface area contributed by atoms with E-state index in [0.717, 1.165) is 16.3 Å². The van der Waals surface area contributed by atoms with E-state index in [0.29, 0.717) is 0 Å². The number of nitrogens with two attached hydrogens (primary N) is 1. The van der Waals surface area contributed by atoms with Gasteiger partial charge in [-0.15, -0.1) is 0 Å². The maximum Gasteiger partial charge on any atom is 0.276 e. The lowest BCUT2D eigenvalue weighted by atomic mass is 9.99. The molecule has 0 saturated heterocycles. The van der Waals surface area contributed by atoms with Crippen LogP contribution in [0.1, 0.15) is 29.0 Å². The maximum atomic E-state index is 12.7. The van der Waals surface area contributed by atoms with E-state index in [-0.39, 0.29) is 23.5 Å². The summed E-state index contributed by atoms with van der Waals surface area (Å²) in [5.74, 6) is -0.0921. The Balaban J connectivity index is 1.97. The first-order chi connectivity index (χ1) is 11.1. The van der Waals surface area contributed by atoms with E-state index in [1.807, 2.05) is 31.2 Å². The number of benzene rings is 2. The largest absolute Gasteiger partial charge is 0.382 e. The molecule has 3 aromatic rings. The van der Waals surface area contributed by atoms with Crippen molar-refractivity contribution in [2.75, 3.05) is 12.8 Å². The number of carbonyl (C=O) groups is 1. The third-order valence-corrected chi connectivity index (χ3v) is 4.10. The molecule has 116 valence electrons. The topological polar surface area (TPSA) is 72.1 Å². The molecule has 2 N–H and O–H groups in total. The molecule has 0 aliphatic rings. The molecule has 5 heteroatoms. The molecule has 3 rings (SSSR count). The van der Waals surface area contributed by atoms with E-state index in [1.165, 1.54) is 12.4 Å². The molecular weight excluding hydrogens is 288 g/mol. The summed E-state index contributed by atoms with van der Waals surface area (Å²) in [6, 6.07) is 14.1. The van der Waals surface area contributed by atoms with Crippen LogP contribution < -0.4 is 5.73 Å². The molecule has 0 radical (unpaired) electrons. The molecule has 2 aromatic carbocycles. The molecule has 1 heterocycles. The van der Waals surface area contributed by atoms with Crippen molar-refractivity contribution >= 4 is 22.5 Å². The maximum absolute atomic E-state index is 12.7. The zero-order chi connectivity index (χ0) is 16.4. The highest BCUT2D eigenvalue weighted by molar-refractivity contribution is 5.96. The quantitative estimate of drug-likeness (QED) is 0.807. The van der Waals surface area contributed by atoms with Gasteiger partial charge < -0.3 is 10.6 Å². The molecule has 1 atom stereocenters. The zero-order valence-electron chi connectivity index (χ0n) is 13.1. The Morgan fingerprint density at radius 2 is 1.78 bits per heavy atom. The van der Waals surface area contributed by atoms with Gasteiger partial charge >= 0.3 is 0 Å². The van der Waals surface area contributed by atoms with Crippen LogP contribution >= 0.6 is 0 Å². The van der Waals surface area contributed by atoms with Gasteiger partial charge in [0.2, 0.25) is 0 Å². The fourth-order valence-electron chi connectivity index (χ4n) is 2.68. The highest BCUT2D eigenvalue weighted by Gasteiger charge is 2.23. The van der Waals surface area contributed by atoms with Gasteiger partial charge in [-0.05, 0) is 23.3 Å². The summed E-state index contributed by atoms with van der Waals surface area (Å²) in [5, 5.41) is 2.28. The number of nitrogens with zero attached hydrogens (tertiary/aromatic N) is 3. The van der Waals surface area contributed by atoms with Gasteiger partial charge in [-0.2, -0.15) is 0 Å². The molecule has 23 heavy (non-hydrogen) atoms. The average Bonchev–Trinajstić information content (AvgIpc) is 2.60. The molecule has 0 saturated carbocycles. The van der Waals surface area contributed by atoms with Gasteiger partial charge in [0, 0.05) is 19.4 Å². The SMILES string of the molecule is C[C@H](c1cccc2ccccc12)N(C)C(=O)c1nccnc1N. The van der Waals surface area contributed by atoms with Gasteiger partial charge in [-0.3, -0.25) is 4.79 Å². The van der Waals surface area contributed by atoms with Gasteiger partial charge in [0.1, 0.15) is 0 Å². The number of hydrogen-bond donors (Lipinski definition) is 1. The lowest BCUT2D eigenvalue weighted by Gasteiger charge is -2.26. The second kappa shape index (κ2) is 6.04. The number of anilines is 1. The summed E-state index contributed by atoms with van der Waals surface area (Å²) < 4.78 is 0. The minimum absolute atomic E-state index is 0.116. The highest BCUT2D eigenvalue weighted by Crippen LogP contribution is 2.28. The van der Waals surface area contributed by atoms with Crippen molar-refractivity contribution in [3.05, 3.63) is 66.1 Å². The van der Waals surface area contributed by atoms with Crippen LogP contribution in [0.4, 0.5) is 5.82 Å². The molecule has 0 unspecified atom stereocenters. The molecule has 0 aliphatic heterocycles. The molecule has 0 spiro atoms. The summed E-state index contributed by atoms with van der Waals surface area (Å²) in [6.07, 6.45) is 2.94. The van der Waals surface area contributed by atoms with Crippen molar-refractivity contribution in [1.82, 2.24) is 14.9 Å². The van der Waals surface area contributed by atoms with E-state index in [4.69, 9.17) is 5.73 Å². The fraction of sp³-hybridized carbons (Fsp3) is 0.167. The predicted molar refractivity (Wildman–Crippen MR) is 90.9 cm³/mol. The standard InChI is InChI=1S/C18H18N4O/c1-12(14-9-5-7-13-6-3-4-8-15(13)14)22(2)18(23)16-17(19)21-11-10-20-16/h3-12H,1-2H3,(H2,19,21)/t12-/m1/s1. The minimum Gasteiger partial charge on any atom is -0.382 e. The molecular formula is C18H18N4O. The van der Waals surface area contributed by atoms with Gasteiger partial charge in [-0.25, -0.2) is 9.97 Å². The Kier molecular flexibility index (Phi) is 3.93. The van der Waals surface area contributed by atoms with Gasteiger partial charge in [0.25, 0.3) is 5.91 Å². The van der Waals surface area contributed by atoms with Crippen LogP contribution in [0.5, 0.6) is 0 Å². The highest BCUT2D eigenvalue weighted by atomic mass is 16.2. The van der Waals surface area contributed by atoms with E-state index in [2.05, 4.69) is 28.2 Å².